The molecule has 3 heteroatoms. The smallest absolute Gasteiger partial charge is 0.149 e. The minimum Gasteiger partial charge on any atom is -0.493 e. The molecule has 0 aliphatic carbocycles. The van der Waals surface area contributed by atoms with Crippen LogP contribution in [-0.4, -0.2) is 19.3 Å². The summed E-state index contributed by atoms with van der Waals surface area (Å²) in [7, 11) is 0. The van der Waals surface area contributed by atoms with Crippen LogP contribution < -0.4 is 15.2 Å². The lowest BCUT2D eigenvalue weighted by atomic mass is 10.1. The molecular weight excluding hydrogens is 238 g/mol. The number of hydrogen-bond donors (Lipinski definition) is 1. The first-order valence-corrected chi connectivity index (χ1v) is 6.71. The standard InChI is InChI=1S/C16H23NO2/c1-4-6-10-19-16-12-15(18-9-5-2)8-7-14(16)11-13(3)17/h7-8,12-13H,5,9-11,17H2,1-3H3. The van der Waals surface area contributed by atoms with Gasteiger partial charge in [0.05, 0.1) is 6.61 Å². The van der Waals surface area contributed by atoms with Crippen LogP contribution in [-0.2, 0) is 6.42 Å². The van der Waals surface area contributed by atoms with Crippen LogP contribution in [0, 0.1) is 11.8 Å². The summed E-state index contributed by atoms with van der Waals surface area (Å²) >= 11 is 0. The Hall–Kier alpha value is -1.66. The van der Waals surface area contributed by atoms with E-state index in [1.165, 1.54) is 0 Å². The van der Waals surface area contributed by atoms with Gasteiger partial charge in [-0.1, -0.05) is 18.9 Å². The van der Waals surface area contributed by atoms with Gasteiger partial charge in [0, 0.05) is 12.1 Å². The number of ether oxygens (including phenoxy) is 2. The SMILES string of the molecule is CC#CCOc1cc(OCCC)ccc1CC(C)N. The molecule has 19 heavy (non-hydrogen) atoms. The second-order valence-corrected chi connectivity index (χ2v) is 4.51. The summed E-state index contributed by atoms with van der Waals surface area (Å²) in [4.78, 5) is 0. The van der Waals surface area contributed by atoms with E-state index < -0.39 is 0 Å². The fourth-order valence-corrected chi connectivity index (χ4v) is 1.68. The molecule has 1 aromatic rings. The van der Waals surface area contributed by atoms with Crippen molar-refractivity contribution in [2.45, 2.75) is 39.7 Å². The van der Waals surface area contributed by atoms with Gasteiger partial charge in [-0.2, -0.15) is 0 Å². The first kappa shape index (κ1) is 15.4. The van der Waals surface area contributed by atoms with E-state index in [1.807, 2.05) is 25.1 Å². The summed E-state index contributed by atoms with van der Waals surface area (Å²) in [6.45, 7) is 6.96. The van der Waals surface area contributed by atoms with Crippen molar-refractivity contribution in [3.63, 3.8) is 0 Å². The van der Waals surface area contributed by atoms with Crippen molar-refractivity contribution in [1.29, 1.82) is 0 Å². The van der Waals surface area contributed by atoms with Gasteiger partial charge in [-0.15, -0.1) is 5.92 Å². The van der Waals surface area contributed by atoms with Crippen LogP contribution >= 0.6 is 0 Å². The summed E-state index contributed by atoms with van der Waals surface area (Å²) in [6, 6.07) is 6.00. The average molecular weight is 261 g/mol. The molecule has 0 saturated carbocycles. The van der Waals surface area contributed by atoms with Crippen molar-refractivity contribution in [2.75, 3.05) is 13.2 Å². The van der Waals surface area contributed by atoms with E-state index in [0.29, 0.717) is 13.2 Å². The normalized spacial score (nSPS) is 11.4. The Kier molecular flexibility index (Phi) is 6.84. The Balaban J connectivity index is 2.85. The zero-order valence-corrected chi connectivity index (χ0v) is 12.0. The van der Waals surface area contributed by atoms with Crippen molar-refractivity contribution < 1.29 is 9.47 Å². The fraction of sp³-hybridized carbons (Fsp3) is 0.500. The van der Waals surface area contributed by atoms with Crippen LogP contribution in [0.4, 0.5) is 0 Å². The van der Waals surface area contributed by atoms with Crippen LogP contribution in [0.15, 0.2) is 18.2 Å². The molecule has 0 bridgehead atoms. The molecular formula is C16H23NO2. The predicted octanol–water partition coefficient (Wildman–Crippen LogP) is 2.77. The maximum atomic E-state index is 5.85. The minimum atomic E-state index is 0.0991. The first-order chi connectivity index (χ1) is 9.17. The third-order valence-electron chi connectivity index (χ3n) is 2.53. The molecule has 0 radical (unpaired) electrons. The zero-order chi connectivity index (χ0) is 14.1. The predicted molar refractivity (Wildman–Crippen MR) is 78.5 cm³/mol. The van der Waals surface area contributed by atoms with Crippen molar-refractivity contribution in [1.82, 2.24) is 0 Å². The van der Waals surface area contributed by atoms with E-state index in [9.17, 15) is 0 Å². The number of nitrogens with two attached hydrogens (primary N) is 1. The van der Waals surface area contributed by atoms with Crippen LogP contribution in [0.1, 0.15) is 32.8 Å². The van der Waals surface area contributed by atoms with Crippen molar-refractivity contribution in [3.05, 3.63) is 23.8 Å². The van der Waals surface area contributed by atoms with Gasteiger partial charge in [0.25, 0.3) is 0 Å². The lowest BCUT2D eigenvalue weighted by Crippen LogP contribution is -2.18. The molecule has 0 saturated heterocycles. The van der Waals surface area contributed by atoms with Crippen LogP contribution in [0.25, 0.3) is 0 Å². The summed E-state index contributed by atoms with van der Waals surface area (Å²) in [5.74, 6) is 7.35. The molecule has 0 fully saturated rings. The lowest BCUT2D eigenvalue weighted by molar-refractivity contribution is 0.312. The summed E-state index contributed by atoms with van der Waals surface area (Å²) < 4.78 is 11.3. The van der Waals surface area contributed by atoms with Crippen LogP contribution in [0.5, 0.6) is 11.5 Å². The van der Waals surface area contributed by atoms with Gasteiger partial charge in [-0.05, 0) is 38.3 Å². The molecule has 0 amide bonds. The quantitative estimate of drug-likeness (QED) is 0.768. The molecule has 3 nitrogen and oxygen atoms in total. The number of hydrogen-bond acceptors (Lipinski definition) is 3. The van der Waals surface area contributed by atoms with Gasteiger partial charge in [-0.3, -0.25) is 0 Å². The molecule has 0 aliphatic heterocycles. The zero-order valence-electron chi connectivity index (χ0n) is 12.0. The highest BCUT2D eigenvalue weighted by Crippen LogP contribution is 2.26. The van der Waals surface area contributed by atoms with E-state index in [0.717, 1.165) is 29.9 Å². The molecule has 0 aromatic heterocycles. The first-order valence-electron chi connectivity index (χ1n) is 6.71. The number of benzene rings is 1. The monoisotopic (exact) mass is 261 g/mol. The Labute approximate surface area is 116 Å². The molecule has 1 rings (SSSR count). The highest BCUT2D eigenvalue weighted by molar-refractivity contribution is 5.41. The maximum absolute atomic E-state index is 5.85. The molecule has 0 aliphatic rings. The van der Waals surface area contributed by atoms with E-state index in [2.05, 4.69) is 18.8 Å². The third-order valence-corrected chi connectivity index (χ3v) is 2.53. The van der Waals surface area contributed by atoms with Gasteiger partial charge in [0.1, 0.15) is 18.1 Å². The summed E-state index contributed by atoms with van der Waals surface area (Å²) in [6.07, 6.45) is 1.77. The molecule has 0 spiro atoms. The van der Waals surface area contributed by atoms with Gasteiger partial charge in [0.15, 0.2) is 0 Å². The van der Waals surface area contributed by atoms with E-state index in [1.54, 1.807) is 6.92 Å². The molecule has 0 heterocycles. The fourth-order valence-electron chi connectivity index (χ4n) is 1.68. The molecule has 1 atom stereocenters. The maximum Gasteiger partial charge on any atom is 0.149 e. The summed E-state index contributed by atoms with van der Waals surface area (Å²) in [5, 5.41) is 0. The van der Waals surface area contributed by atoms with Gasteiger partial charge < -0.3 is 15.2 Å². The van der Waals surface area contributed by atoms with Crippen LogP contribution in [0.3, 0.4) is 0 Å². The Morgan fingerprint density at radius 2 is 2.11 bits per heavy atom. The van der Waals surface area contributed by atoms with Gasteiger partial charge in [0.2, 0.25) is 0 Å². The van der Waals surface area contributed by atoms with Crippen LogP contribution in [0.2, 0.25) is 0 Å². The van der Waals surface area contributed by atoms with Crippen molar-refractivity contribution in [2.24, 2.45) is 5.73 Å². The average Bonchev–Trinajstić information content (AvgIpc) is 2.38. The van der Waals surface area contributed by atoms with E-state index in [4.69, 9.17) is 15.2 Å². The second kappa shape index (κ2) is 8.44. The van der Waals surface area contributed by atoms with E-state index in [-0.39, 0.29) is 6.04 Å². The molecule has 1 unspecified atom stereocenters. The molecule has 2 N–H and O–H groups in total. The van der Waals surface area contributed by atoms with E-state index >= 15 is 0 Å². The Morgan fingerprint density at radius 3 is 2.74 bits per heavy atom. The van der Waals surface area contributed by atoms with Crippen molar-refractivity contribution >= 4 is 0 Å². The Morgan fingerprint density at radius 1 is 1.32 bits per heavy atom. The summed E-state index contributed by atoms with van der Waals surface area (Å²) in [5.41, 5.74) is 6.95. The number of rotatable bonds is 7. The topological polar surface area (TPSA) is 44.5 Å². The largest absolute Gasteiger partial charge is 0.493 e. The van der Waals surface area contributed by atoms with Crippen molar-refractivity contribution in [3.8, 4) is 23.3 Å². The minimum absolute atomic E-state index is 0.0991. The molecule has 1 aromatic carbocycles. The molecule has 104 valence electrons. The Bertz CT molecular complexity index is 444. The van der Waals surface area contributed by atoms with Gasteiger partial charge >= 0.3 is 0 Å². The highest BCUT2D eigenvalue weighted by Gasteiger charge is 2.08. The highest BCUT2D eigenvalue weighted by atomic mass is 16.5. The van der Waals surface area contributed by atoms with Gasteiger partial charge in [-0.25, -0.2) is 0 Å². The second-order valence-electron chi connectivity index (χ2n) is 4.51. The lowest BCUT2D eigenvalue weighted by Gasteiger charge is -2.14. The third kappa shape index (κ3) is 5.67.